The first-order valence-electron chi connectivity index (χ1n) is 5.09. The lowest BCUT2D eigenvalue weighted by atomic mass is 10.1. The Morgan fingerprint density at radius 1 is 1.65 bits per heavy atom. The number of carbonyl (C=O) groups is 1. The highest BCUT2D eigenvalue weighted by molar-refractivity contribution is 6.30. The summed E-state index contributed by atoms with van der Waals surface area (Å²) in [6.45, 7) is 1.77. The summed E-state index contributed by atoms with van der Waals surface area (Å²) in [5.41, 5.74) is 0.404. The molecule has 0 saturated heterocycles. The first kappa shape index (κ1) is 13.3. The predicted molar refractivity (Wildman–Crippen MR) is 65.2 cm³/mol. The number of hydrogen-bond donors (Lipinski definition) is 1. The van der Waals surface area contributed by atoms with Crippen molar-refractivity contribution >= 4 is 17.5 Å². The molecule has 0 saturated carbocycles. The molecule has 0 aliphatic carbocycles. The minimum Gasteiger partial charge on any atom is -0.496 e. The van der Waals surface area contributed by atoms with Crippen LogP contribution in [0.5, 0.6) is 5.75 Å². The van der Waals surface area contributed by atoms with E-state index in [9.17, 15) is 4.79 Å². The Balaban J connectivity index is 2.86. The van der Waals surface area contributed by atoms with E-state index in [2.05, 4.69) is 5.32 Å². The van der Waals surface area contributed by atoms with Gasteiger partial charge in [0.25, 0.3) is 5.91 Å². The van der Waals surface area contributed by atoms with E-state index in [4.69, 9.17) is 21.6 Å². The Morgan fingerprint density at radius 3 is 2.94 bits per heavy atom. The van der Waals surface area contributed by atoms with Crippen molar-refractivity contribution in [1.29, 1.82) is 5.26 Å². The maximum atomic E-state index is 11.9. The number of carbonyl (C=O) groups excluding carboxylic acids is 1. The summed E-state index contributed by atoms with van der Waals surface area (Å²) in [7, 11) is 1.47. The van der Waals surface area contributed by atoms with Gasteiger partial charge in [-0.1, -0.05) is 11.6 Å². The number of nitrogens with zero attached hydrogens (tertiary/aromatic N) is 1. The number of rotatable bonds is 4. The van der Waals surface area contributed by atoms with Gasteiger partial charge >= 0.3 is 0 Å². The Bertz CT molecular complexity index is 454. The monoisotopic (exact) mass is 252 g/mol. The van der Waals surface area contributed by atoms with Gasteiger partial charge in [0.05, 0.1) is 25.2 Å². The second-order valence-electron chi connectivity index (χ2n) is 3.58. The number of amides is 1. The Labute approximate surface area is 105 Å². The summed E-state index contributed by atoms with van der Waals surface area (Å²) in [6.07, 6.45) is 0.266. The van der Waals surface area contributed by atoms with Crippen LogP contribution in [0.3, 0.4) is 0 Å². The zero-order valence-corrected chi connectivity index (χ0v) is 10.4. The maximum Gasteiger partial charge on any atom is 0.255 e. The van der Waals surface area contributed by atoms with E-state index in [1.54, 1.807) is 25.1 Å². The van der Waals surface area contributed by atoms with Crippen LogP contribution in [0.2, 0.25) is 5.02 Å². The Kier molecular flexibility index (Phi) is 4.80. The van der Waals surface area contributed by atoms with Gasteiger partial charge in [0.1, 0.15) is 5.75 Å². The molecule has 4 nitrogen and oxygen atoms in total. The minimum atomic E-state index is -0.277. The lowest BCUT2D eigenvalue weighted by molar-refractivity contribution is 0.0938. The molecule has 1 atom stereocenters. The van der Waals surface area contributed by atoms with Gasteiger partial charge in [0.2, 0.25) is 0 Å². The van der Waals surface area contributed by atoms with E-state index in [0.717, 1.165) is 0 Å². The third kappa shape index (κ3) is 3.65. The van der Waals surface area contributed by atoms with E-state index in [0.29, 0.717) is 16.3 Å². The number of ether oxygens (including phenoxy) is 1. The van der Waals surface area contributed by atoms with Crippen molar-refractivity contribution in [2.75, 3.05) is 7.11 Å². The van der Waals surface area contributed by atoms with E-state index in [1.807, 2.05) is 6.07 Å². The number of halogens is 1. The first-order valence-corrected chi connectivity index (χ1v) is 5.47. The Morgan fingerprint density at radius 2 is 2.35 bits per heavy atom. The fourth-order valence-corrected chi connectivity index (χ4v) is 1.50. The van der Waals surface area contributed by atoms with Crippen LogP contribution in [0.25, 0.3) is 0 Å². The molecular formula is C12H13ClN2O2. The van der Waals surface area contributed by atoms with Gasteiger partial charge in [-0.05, 0) is 25.1 Å². The van der Waals surface area contributed by atoms with E-state index in [-0.39, 0.29) is 18.4 Å². The molecule has 0 aromatic heterocycles. The highest BCUT2D eigenvalue weighted by atomic mass is 35.5. The topological polar surface area (TPSA) is 62.1 Å². The largest absolute Gasteiger partial charge is 0.496 e. The van der Waals surface area contributed by atoms with Crippen molar-refractivity contribution in [3.05, 3.63) is 28.8 Å². The molecule has 0 radical (unpaired) electrons. The van der Waals surface area contributed by atoms with Crippen LogP contribution in [0.1, 0.15) is 23.7 Å². The molecule has 1 aromatic rings. The van der Waals surface area contributed by atoms with Crippen LogP contribution in [0, 0.1) is 11.3 Å². The third-order valence-electron chi connectivity index (χ3n) is 2.18. The van der Waals surface area contributed by atoms with Crippen LogP contribution in [-0.4, -0.2) is 19.1 Å². The standard InChI is InChI=1S/C12H13ClN2O2/c1-8(5-6-14)15-12(16)10-4-3-9(13)7-11(10)17-2/h3-4,7-8H,5H2,1-2H3,(H,15,16). The highest BCUT2D eigenvalue weighted by Crippen LogP contribution is 2.23. The van der Waals surface area contributed by atoms with Crippen LogP contribution in [-0.2, 0) is 0 Å². The lowest BCUT2D eigenvalue weighted by Crippen LogP contribution is -2.32. The Hall–Kier alpha value is -1.73. The molecule has 0 fully saturated rings. The molecule has 0 aliphatic heterocycles. The molecule has 0 heterocycles. The smallest absolute Gasteiger partial charge is 0.255 e. The molecule has 17 heavy (non-hydrogen) atoms. The summed E-state index contributed by atoms with van der Waals surface area (Å²) in [4.78, 5) is 11.9. The molecule has 0 bridgehead atoms. The van der Waals surface area contributed by atoms with Crippen molar-refractivity contribution in [1.82, 2.24) is 5.32 Å². The lowest BCUT2D eigenvalue weighted by Gasteiger charge is -2.12. The SMILES string of the molecule is COc1cc(Cl)ccc1C(=O)NC(C)CC#N. The predicted octanol–water partition coefficient (Wildman–Crippen LogP) is 2.38. The molecule has 0 spiro atoms. The van der Waals surface area contributed by atoms with Crippen LogP contribution in [0.4, 0.5) is 0 Å². The van der Waals surface area contributed by atoms with Crippen molar-refractivity contribution in [2.45, 2.75) is 19.4 Å². The number of methoxy groups -OCH3 is 1. The fraction of sp³-hybridized carbons (Fsp3) is 0.333. The number of nitrogens with one attached hydrogen (secondary N) is 1. The molecule has 1 N–H and O–H groups in total. The van der Waals surface area contributed by atoms with Crippen LogP contribution >= 0.6 is 11.6 Å². The summed E-state index contributed by atoms with van der Waals surface area (Å²) >= 11 is 5.80. The van der Waals surface area contributed by atoms with Gasteiger partial charge in [-0.3, -0.25) is 4.79 Å². The normalized spacial score (nSPS) is 11.4. The second-order valence-corrected chi connectivity index (χ2v) is 4.02. The van der Waals surface area contributed by atoms with Crippen molar-refractivity contribution in [3.63, 3.8) is 0 Å². The molecule has 0 aliphatic rings. The zero-order chi connectivity index (χ0) is 12.8. The molecule has 1 rings (SSSR count). The van der Waals surface area contributed by atoms with Gasteiger partial charge in [-0.25, -0.2) is 0 Å². The van der Waals surface area contributed by atoms with E-state index in [1.165, 1.54) is 7.11 Å². The van der Waals surface area contributed by atoms with Crippen molar-refractivity contribution in [2.24, 2.45) is 0 Å². The molecule has 5 heteroatoms. The fourth-order valence-electron chi connectivity index (χ4n) is 1.34. The average Bonchev–Trinajstić information content (AvgIpc) is 2.28. The number of benzene rings is 1. The molecule has 1 unspecified atom stereocenters. The van der Waals surface area contributed by atoms with Gasteiger partial charge in [0, 0.05) is 11.1 Å². The summed E-state index contributed by atoms with van der Waals surface area (Å²) in [6, 6.07) is 6.58. The van der Waals surface area contributed by atoms with Gasteiger partial charge in [-0.15, -0.1) is 0 Å². The summed E-state index contributed by atoms with van der Waals surface area (Å²) in [5.74, 6) is 0.139. The van der Waals surface area contributed by atoms with E-state index >= 15 is 0 Å². The third-order valence-corrected chi connectivity index (χ3v) is 2.42. The minimum absolute atomic E-state index is 0.201. The number of hydrogen-bond acceptors (Lipinski definition) is 3. The van der Waals surface area contributed by atoms with Crippen LogP contribution in [0.15, 0.2) is 18.2 Å². The molecule has 1 aromatic carbocycles. The van der Waals surface area contributed by atoms with Crippen molar-refractivity contribution in [3.8, 4) is 11.8 Å². The molecular weight excluding hydrogens is 240 g/mol. The number of nitriles is 1. The maximum absolute atomic E-state index is 11.9. The van der Waals surface area contributed by atoms with Gasteiger partial charge in [0.15, 0.2) is 0 Å². The molecule has 90 valence electrons. The highest BCUT2D eigenvalue weighted by Gasteiger charge is 2.14. The zero-order valence-electron chi connectivity index (χ0n) is 9.66. The second kappa shape index (κ2) is 6.12. The summed E-state index contributed by atoms with van der Waals surface area (Å²) in [5, 5.41) is 11.7. The van der Waals surface area contributed by atoms with Crippen LogP contribution < -0.4 is 10.1 Å². The van der Waals surface area contributed by atoms with Gasteiger partial charge < -0.3 is 10.1 Å². The average molecular weight is 253 g/mol. The van der Waals surface area contributed by atoms with E-state index < -0.39 is 0 Å². The van der Waals surface area contributed by atoms with Gasteiger partial charge in [-0.2, -0.15) is 5.26 Å². The summed E-state index contributed by atoms with van der Waals surface area (Å²) < 4.78 is 5.08. The molecule has 1 amide bonds. The quantitative estimate of drug-likeness (QED) is 0.895. The van der Waals surface area contributed by atoms with Crippen molar-refractivity contribution < 1.29 is 9.53 Å². The first-order chi connectivity index (χ1) is 8.08.